The minimum Gasteiger partial charge on any atom is -0.355 e. The van der Waals surface area contributed by atoms with Crippen LogP contribution in [0.1, 0.15) is 19.8 Å². The van der Waals surface area contributed by atoms with Crippen LogP contribution in [0.4, 0.5) is 0 Å². The van der Waals surface area contributed by atoms with Gasteiger partial charge in [0.2, 0.25) is 11.8 Å². The number of nitrogens with one attached hydrogen (secondary N) is 2. The molecule has 0 aliphatic carbocycles. The molecule has 7 heteroatoms. The summed E-state index contributed by atoms with van der Waals surface area (Å²) in [7, 11) is 0. The maximum atomic E-state index is 11.9. The minimum absolute atomic E-state index is 0.00531. The van der Waals surface area contributed by atoms with Gasteiger partial charge in [0.05, 0.1) is 19.8 Å². The molecule has 120 valence electrons. The van der Waals surface area contributed by atoms with Gasteiger partial charge in [-0.05, 0) is 19.4 Å². The molecule has 1 atom stereocenters. The lowest BCUT2D eigenvalue weighted by atomic mass is 9.97. The normalized spacial score (nSPS) is 24.0. The Bertz CT molecular complexity index is 358. The largest absolute Gasteiger partial charge is 0.355 e. The summed E-state index contributed by atoms with van der Waals surface area (Å²) in [5.41, 5.74) is 0. The SMILES string of the molecule is CC(=O)NCCNC(=O)CN1CCCC(C2OCCO2)C1. The van der Waals surface area contributed by atoms with E-state index in [1.807, 2.05) is 0 Å². The molecule has 2 heterocycles. The summed E-state index contributed by atoms with van der Waals surface area (Å²) < 4.78 is 11.1. The molecule has 0 aromatic carbocycles. The summed E-state index contributed by atoms with van der Waals surface area (Å²) in [5.74, 6) is 0.266. The molecular weight excluding hydrogens is 274 g/mol. The summed E-state index contributed by atoms with van der Waals surface area (Å²) in [4.78, 5) is 24.7. The number of carbonyl (C=O) groups is 2. The second kappa shape index (κ2) is 8.31. The predicted molar refractivity (Wildman–Crippen MR) is 76.5 cm³/mol. The Hall–Kier alpha value is -1.18. The number of ether oxygens (including phenoxy) is 2. The van der Waals surface area contributed by atoms with Crippen LogP contribution < -0.4 is 10.6 Å². The topological polar surface area (TPSA) is 79.9 Å². The number of nitrogens with zero attached hydrogens (tertiary/aromatic N) is 1. The van der Waals surface area contributed by atoms with Gasteiger partial charge in [0.1, 0.15) is 0 Å². The number of amides is 2. The van der Waals surface area contributed by atoms with E-state index in [2.05, 4.69) is 15.5 Å². The third kappa shape index (κ3) is 5.61. The van der Waals surface area contributed by atoms with Crippen molar-refractivity contribution in [1.82, 2.24) is 15.5 Å². The van der Waals surface area contributed by atoms with Gasteiger partial charge in [0, 0.05) is 32.5 Å². The Balaban J connectivity index is 1.64. The monoisotopic (exact) mass is 299 g/mol. The highest BCUT2D eigenvalue weighted by atomic mass is 16.7. The van der Waals surface area contributed by atoms with Gasteiger partial charge >= 0.3 is 0 Å². The molecular formula is C14H25N3O4. The highest BCUT2D eigenvalue weighted by Crippen LogP contribution is 2.24. The molecule has 2 saturated heterocycles. The first kappa shape index (κ1) is 16.2. The van der Waals surface area contributed by atoms with E-state index in [1.165, 1.54) is 6.92 Å². The van der Waals surface area contributed by atoms with Gasteiger partial charge in [-0.2, -0.15) is 0 Å². The predicted octanol–water partition coefficient (Wildman–Crippen LogP) is -0.676. The summed E-state index contributed by atoms with van der Waals surface area (Å²) in [6.07, 6.45) is 2.05. The molecule has 2 N–H and O–H groups in total. The molecule has 2 aliphatic rings. The number of hydrogen-bond acceptors (Lipinski definition) is 5. The third-order valence-corrected chi connectivity index (χ3v) is 3.76. The Kier molecular flexibility index (Phi) is 6.41. The second-order valence-electron chi connectivity index (χ2n) is 5.58. The lowest BCUT2D eigenvalue weighted by molar-refractivity contribution is -0.125. The Morgan fingerprint density at radius 1 is 1.19 bits per heavy atom. The molecule has 2 amide bonds. The van der Waals surface area contributed by atoms with E-state index in [1.54, 1.807) is 0 Å². The van der Waals surface area contributed by atoms with Gasteiger partial charge in [0.15, 0.2) is 6.29 Å². The van der Waals surface area contributed by atoms with E-state index >= 15 is 0 Å². The molecule has 0 saturated carbocycles. The molecule has 0 spiro atoms. The lowest BCUT2D eigenvalue weighted by Crippen LogP contribution is -2.46. The highest BCUT2D eigenvalue weighted by molar-refractivity contribution is 5.78. The van der Waals surface area contributed by atoms with Crippen LogP contribution in [-0.2, 0) is 19.1 Å². The van der Waals surface area contributed by atoms with Crippen LogP contribution in [0.2, 0.25) is 0 Å². The van der Waals surface area contributed by atoms with Crippen molar-refractivity contribution in [2.45, 2.75) is 26.1 Å². The molecule has 7 nitrogen and oxygen atoms in total. The van der Waals surface area contributed by atoms with E-state index in [0.717, 1.165) is 25.9 Å². The zero-order valence-corrected chi connectivity index (χ0v) is 12.6. The minimum atomic E-state index is -0.101. The Morgan fingerprint density at radius 3 is 2.62 bits per heavy atom. The van der Waals surface area contributed by atoms with Crippen LogP contribution in [0.3, 0.4) is 0 Å². The average molecular weight is 299 g/mol. The molecule has 0 radical (unpaired) electrons. The van der Waals surface area contributed by atoms with Gasteiger partial charge in [-0.15, -0.1) is 0 Å². The van der Waals surface area contributed by atoms with Crippen LogP contribution in [-0.4, -0.2) is 68.9 Å². The third-order valence-electron chi connectivity index (χ3n) is 3.76. The highest BCUT2D eigenvalue weighted by Gasteiger charge is 2.31. The van der Waals surface area contributed by atoms with E-state index in [-0.39, 0.29) is 18.1 Å². The maximum Gasteiger partial charge on any atom is 0.234 e. The van der Waals surface area contributed by atoms with Crippen LogP contribution in [0, 0.1) is 5.92 Å². The first-order chi connectivity index (χ1) is 10.1. The quantitative estimate of drug-likeness (QED) is 0.636. The zero-order valence-electron chi connectivity index (χ0n) is 12.6. The van der Waals surface area contributed by atoms with Gasteiger partial charge in [-0.1, -0.05) is 0 Å². The van der Waals surface area contributed by atoms with Crippen molar-refractivity contribution in [3.05, 3.63) is 0 Å². The molecule has 1 unspecified atom stereocenters. The van der Waals surface area contributed by atoms with E-state index in [4.69, 9.17) is 9.47 Å². The van der Waals surface area contributed by atoms with Crippen molar-refractivity contribution in [1.29, 1.82) is 0 Å². The fraction of sp³-hybridized carbons (Fsp3) is 0.857. The van der Waals surface area contributed by atoms with Crippen molar-refractivity contribution in [3.63, 3.8) is 0 Å². The number of piperidine rings is 1. The van der Waals surface area contributed by atoms with Crippen molar-refractivity contribution in [3.8, 4) is 0 Å². The van der Waals surface area contributed by atoms with Gasteiger partial charge in [-0.3, -0.25) is 14.5 Å². The fourth-order valence-corrected chi connectivity index (χ4v) is 2.81. The van der Waals surface area contributed by atoms with Crippen molar-refractivity contribution >= 4 is 11.8 Å². The first-order valence-corrected chi connectivity index (χ1v) is 7.62. The average Bonchev–Trinajstić information content (AvgIpc) is 2.98. The number of rotatable bonds is 6. The Morgan fingerprint density at radius 2 is 1.90 bits per heavy atom. The van der Waals surface area contributed by atoms with Gasteiger partial charge in [0.25, 0.3) is 0 Å². The summed E-state index contributed by atoms with van der Waals surface area (Å²) in [5, 5.41) is 5.46. The van der Waals surface area contributed by atoms with Gasteiger partial charge < -0.3 is 20.1 Å². The molecule has 0 bridgehead atoms. The summed E-state index contributed by atoms with van der Waals surface area (Å²) in [6, 6.07) is 0. The van der Waals surface area contributed by atoms with Gasteiger partial charge in [-0.25, -0.2) is 0 Å². The first-order valence-electron chi connectivity index (χ1n) is 7.62. The Labute approximate surface area is 125 Å². The molecule has 0 aromatic heterocycles. The molecule has 2 rings (SSSR count). The fourth-order valence-electron chi connectivity index (χ4n) is 2.81. The second-order valence-corrected chi connectivity index (χ2v) is 5.58. The van der Waals surface area contributed by atoms with Crippen molar-refractivity contribution in [2.75, 3.05) is 45.9 Å². The standard InChI is InChI=1S/C14H25N3O4/c1-11(18)15-4-5-16-13(19)10-17-6-2-3-12(9-17)14-20-7-8-21-14/h12,14H,2-10H2,1H3,(H,15,18)(H,16,19). The molecule has 2 aliphatic heterocycles. The van der Waals surface area contributed by atoms with Crippen molar-refractivity contribution in [2.24, 2.45) is 5.92 Å². The summed E-state index contributed by atoms with van der Waals surface area (Å²) >= 11 is 0. The number of carbonyl (C=O) groups excluding carboxylic acids is 2. The zero-order chi connectivity index (χ0) is 15.1. The molecule has 21 heavy (non-hydrogen) atoms. The smallest absolute Gasteiger partial charge is 0.234 e. The maximum absolute atomic E-state index is 11.9. The van der Waals surface area contributed by atoms with E-state index < -0.39 is 0 Å². The van der Waals surface area contributed by atoms with Crippen LogP contribution in [0.5, 0.6) is 0 Å². The number of likely N-dealkylation sites (tertiary alicyclic amines) is 1. The number of hydrogen-bond donors (Lipinski definition) is 2. The van der Waals surface area contributed by atoms with Crippen LogP contribution in [0.15, 0.2) is 0 Å². The van der Waals surface area contributed by atoms with Crippen LogP contribution >= 0.6 is 0 Å². The lowest BCUT2D eigenvalue weighted by Gasteiger charge is -2.34. The van der Waals surface area contributed by atoms with E-state index in [0.29, 0.717) is 38.8 Å². The van der Waals surface area contributed by atoms with Crippen LogP contribution in [0.25, 0.3) is 0 Å². The van der Waals surface area contributed by atoms with E-state index in [9.17, 15) is 9.59 Å². The van der Waals surface area contributed by atoms with Crippen molar-refractivity contribution < 1.29 is 19.1 Å². The summed E-state index contributed by atoms with van der Waals surface area (Å²) in [6.45, 7) is 5.89. The molecule has 0 aromatic rings. The molecule has 2 fully saturated rings.